The van der Waals surface area contributed by atoms with Gasteiger partial charge in [-0.05, 0) is 48.7 Å². The van der Waals surface area contributed by atoms with Crippen LogP contribution in [0.4, 0.5) is 11.4 Å². The monoisotopic (exact) mass is 462 g/mol. The fraction of sp³-hybridized carbons (Fsp3) is 0.192. The van der Waals surface area contributed by atoms with Crippen molar-refractivity contribution in [3.05, 3.63) is 89.5 Å². The third-order valence-electron chi connectivity index (χ3n) is 5.01. The molecule has 0 fully saturated rings. The van der Waals surface area contributed by atoms with Crippen LogP contribution < -0.4 is 10.6 Å². The molecule has 3 N–H and O–H groups in total. The summed E-state index contributed by atoms with van der Waals surface area (Å²) in [5.41, 5.74) is 4.21. The van der Waals surface area contributed by atoms with Crippen molar-refractivity contribution >= 4 is 40.9 Å². The zero-order chi connectivity index (χ0) is 23.8. The highest BCUT2D eigenvalue weighted by Crippen LogP contribution is 2.37. The molecule has 0 radical (unpaired) electrons. The van der Waals surface area contributed by atoms with E-state index in [-0.39, 0.29) is 24.7 Å². The van der Waals surface area contributed by atoms with E-state index in [1.165, 1.54) is 11.8 Å². The normalized spacial score (nSPS) is 11.5. The van der Waals surface area contributed by atoms with Gasteiger partial charge in [0.1, 0.15) is 5.25 Å². The molecular weight excluding hydrogens is 436 g/mol. The lowest BCUT2D eigenvalue weighted by atomic mass is 10.1. The summed E-state index contributed by atoms with van der Waals surface area (Å²) in [5, 5.41) is 14.0. The number of rotatable bonds is 9. The number of thioether (sulfide) groups is 1. The average molecular weight is 463 g/mol. The molecule has 0 saturated heterocycles. The zero-order valence-electron chi connectivity index (χ0n) is 18.5. The average Bonchev–Trinajstić information content (AvgIpc) is 2.79. The van der Waals surface area contributed by atoms with E-state index < -0.39 is 11.2 Å². The molecule has 0 aromatic heterocycles. The van der Waals surface area contributed by atoms with Crippen LogP contribution in [-0.4, -0.2) is 22.9 Å². The first-order valence-corrected chi connectivity index (χ1v) is 11.4. The van der Waals surface area contributed by atoms with Crippen LogP contribution in [0.1, 0.15) is 34.8 Å². The van der Waals surface area contributed by atoms with E-state index >= 15 is 0 Å². The minimum Gasteiger partial charge on any atom is -0.481 e. The quantitative estimate of drug-likeness (QED) is 0.361. The highest BCUT2D eigenvalue weighted by atomic mass is 32.2. The Balaban J connectivity index is 1.81. The standard InChI is InChI=1S/C26H26N2O4S/c1-17-8-6-9-18(2)24(17)28-26(32)25(19-10-4-3-5-11-19)33-21-13-7-12-20(16-21)27-22(29)14-15-23(30)31/h3-13,16,25H,14-15H2,1-2H3,(H,27,29)(H,28,32)(H,30,31). The minimum atomic E-state index is -1.02. The molecule has 0 aliphatic carbocycles. The summed E-state index contributed by atoms with van der Waals surface area (Å²) in [4.78, 5) is 36.9. The number of carboxylic acids is 1. The SMILES string of the molecule is Cc1cccc(C)c1NC(=O)C(Sc1cccc(NC(=O)CCC(=O)O)c1)c1ccccc1. The molecular formula is C26H26N2O4S. The number of anilines is 2. The third kappa shape index (κ3) is 6.95. The van der Waals surface area contributed by atoms with Crippen molar-refractivity contribution in [2.45, 2.75) is 36.8 Å². The van der Waals surface area contributed by atoms with E-state index in [2.05, 4.69) is 10.6 Å². The van der Waals surface area contributed by atoms with Crippen molar-refractivity contribution in [2.24, 2.45) is 0 Å². The molecule has 7 heteroatoms. The van der Waals surface area contributed by atoms with Gasteiger partial charge in [0, 0.05) is 22.7 Å². The van der Waals surface area contributed by atoms with Crippen LogP contribution >= 0.6 is 11.8 Å². The summed E-state index contributed by atoms with van der Waals surface area (Å²) >= 11 is 1.38. The zero-order valence-corrected chi connectivity index (χ0v) is 19.3. The number of hydrogen-bond donors (Lipinski definition) is 3. The van der Waals surface area contributed by atoms with Crippen molar-refractivity contribution in [3.63, 3.8) is 0 Å². The highest BCUT2D eigenvalue weighted by molar-refractivity contribution is 8.00. The summed E-state index contributed by atoms with van der Waals surface area (Å²) < 4.78 is 0. The molecule has 1 unspecified atom stereocenters. The summed E-state index contributed by atoms with van der Waals surface area (Å²) in [5.74, 6) is -1.53. The first-order valence-electron chi connectivity index (χ1n) is 10.5. The second-order valence-corrected chi connectivity index (χ2v) is 8.81. The minimum absolute atomic E-state index is 0.0997. The molecule has 3 aromatic carbocycles. The van der Waals surface area contributed by atoms with Crippen molar-refractivity contribution < 1.29 is 19.5 Å². The molecule has 0 saturated carbocycles. The van der Waals surface area contributed by atoms with Gasteiger partial charge in [0.25, 0.3) is 0 Å². The van der Waals surface area contributed by atoms with Gasteiger partial charge in [-0.25, -0.2) is 0 Å². The number of para-hydroxylation sites is 1. The topological polar surface area (TPSA) is 95.5 Å². The van der Waals surface area contributed by atoms with Crippen LogP contribution in [0.25, 0.3) is 0 Å². The number of aryl methyl sites for hydroxylation is 2. The number of amides is 2. The maximum absolute atomic E-state index is 13.4. The fourth-order valence-corrected chi connectivity index (χ4v) is 4.41. The smallest absolute Gasteiger partial charge is 0.303 e. The highest BCUT2D eigenvalue weighted by Gasteiger charge is 2.23. The van der Waals surface area contributed by atoms with Gasteiger partial charge in [-0.2, -0.15) is 0 Å². The molecule has 0 spiro atoms. The van der Waals surface area contributed by atoms with Gasteiger partial charge >= 0.3 is 5.97 Å². The molecule has 0 aliphatic heterocycles. The Morgan fingerprint density at radius 1 is 0.848 bits per heavy atom. The van der Waals surface area contributed by atoms with E-state index in [1.807, 2.05) is 68.4 Å². The second-order valence-electron chi connectivity index (χ2n) is 7.63. The lowest BCUT2D eigenvalue weighted by Gasteiger charge is -2.19. The molecule has 6 nitrogen and oxygen atoms in total. The van der Waals surface area contributed by atoms with Crippen molar-refractivity contribution in [1.82, 2.24) is 0 Å². The fourth-order valence-electron chi connectivity index (χ4n) is 3.33. The van der Waals surface area contributed by atoms with Crippen LogP contribution in [0.5, 0.6) is 0 Å². The van der Waals surface area contributed by atoms with Gasteiger partial charge in [0.15, 0.2) is 0 Å². The maximum atomic E-state index is 13.4. The van der Waals surface area contributed by atoms with E-state index in [0.29, 0.717) is 5.69 Å². The van der Waals surface area contributed by atoms with Gasteiger partial charge in [0.2, 0.25) is 11.8 Å². The Morgan fingerprint density at radius 3 is 2.18 bits per heavy atom. The number of carbonyl (C=O) groups excluding carboxylic acids is 2. The van der Waals surface area contributed by atoms with Gasteiger partial charge in [-0.3, -0.25) is 14.4 Å². The Bertz CT molecular complexity index is 1130. The number of hydrogen-bond acceptors (Lipinski definition) is 4. The molecule has 0 aliphatic rings. The second kappa shape index (κ2) is 11.3. The molecule has 3 aromatic rings. The first-order chi connectivity index (χ1) is 15.8. The van der Waals surface area contributed by atoms with Crippen molar-refractivity contribution in [2.75, 3.05) is 10.6 Å². The summed E-state index contributed by atoms with van der Waals surface area (Å²) in [6, 6.07) is 22.6. The number of carbonyl (C=O) groups is 3. The van der Waals surface area contributed by atoms with Crippen LogP contribution in [0, 0.1) is 13.8 Å². The van der Waals surface area contributed by atoms with Gasteiger partial charge < -0.3 is 15.7 Å². The van der Waals surface area contributed by atoms with Crippen molar-refractivity contribution in [3.8, 4) is 0 Å². The summed E-state index contributed by atoms with van der Waals surface area (Å²) in [6.45, 7) is 3.92. The summed E-state index contributed by atoms with van der Waals surface area (Å²) in [7, 11) is 0. The van der Waals surface area contributed by atoms with Crippen LogP contribution in [0.2, 0.25) is 0 Å². The summed E-state index contributed by atoms with van der Waals surface area (Å²) in [6.07, 6.45) is -0.327. The molecule has 2 amide bonds. The Labute approximate surface area is 197 Å². The number of carboxylic acid groups (broad SMARTS) is 1. The largest absolute Gasteiger partial charge is 0.481 e. The molecule has 0 bridgehead atoms. The number of benzene rings is 3. The van der Waals surface area contributed by atoms with E-state index in [9.17, 15) is 14.4 Å². The predicted octanol–water partition coefficient (Wildman–Crippen LogP) is 5.58. The van der Waals surface area contributed by atoms with Gasteiger partial charge in [-0.1, -0.05) is 54.6 Å². The van der Waals surface area contributed by atoms with E-state index in [1.54, 1.807) is 18.2 Å². The van der Waals surface area contributed by atoms with E-state index in [0.717, 1.165) is 27.3 Å². The van der Waals surface area contributed by atoms with Crippen LogP contribution in [-0.2, 0) is 14.4 Å². The van der Waals surface area contributed by atoms with Crippen LogP contribution in [0.3, 0.4) is 0 Å². The van der Waals surface area contributed by atoms with Gasteiger partial charge in [-0.15, -0.1) is 11.8 Å². The van der Waals surface area contributed by atoms with Crippen molar-refractivity contribution in [1.29, 1.82) is 0 Å². The molecule has 33 heavy (non-hydrogen) atoms. The lowest BCUT2D eigenvalue weighted by Crippen LogP contribution is -2.20. The Kier molecular flexibility index (Phi) is 8.27. The number of aliphatic carboxylic acids is 1. The molecule has 0 heterocycles. The Hall–Kier alpha value is -3.58. The van der Waals surface area contributed by atoms with Gasteiger partial charge in [0.05, 0.1) is 6.42 Å². The predicted molar refractivity (Wildman–Crippen MR) is 132 cm³/mol. The third-order valence-corrected chi connectivity index (χ3v) is 6.26. The number of nitrogens with one attached hydrogen (secondary N) is 2. The molecule has 170 valence electrons. The van der Waals surface area contributed by atoms with Crippen LogP contribution in [0.15, 0.2) is 77.7 Å². The lowest BCUT2D eigenvalue weighted by molar-refractivity contribution is -0.138. The Morgan fingerprint density at radius 2 is 1.52 bits per heavy atom. The first kappa shape index (κ1) is 24.1. The molecule has 3 rings (SSSR count). The molecule has 1 atom stereocenters. The van der Waals surface area contributed by atoms with E-state index in [4.69, 9.17) is 5.11 Å². The maximum Gasteiger partial charge on any atom is 0.303 e.